The molecule has 2 heterocycles. The summed E-state index contributed by atoms with van der Waals surface area (Å²) in [5.41, 5.74) is 3.44. The zero-order valence-electron chi connectivity index (χ0n) is 16.3. The molecule has 3 aromatic rings. The maximum atomic E-state index is 10.4. The monoisotopic (exact) mass is 378 g/mol. The number of hydrogen-bond acceptors (Lipinski definition) is 4. The normalized spacial score (nSPS) is 17.0. The second-order valence-corrected chi connectivity index (χ2v) is 7.10. The van der Waals surface area contributed by atoms with Gasteiger partial charge in [-0.3, -0.25) is 4.90 Å². The SMILES string of the molecule is COc1ccc(C2c3cccn3CCCN2Cc2ccccc2OC)cc1O. The number of fused-ring (bicyclic) bond motifs is 1. The maximum absolute atomic E-state index is 10.4. The molecule has 1 unspecified atom stereocenters. The highest BCUT2D eigenvalue weighted by atomic mass is 16.5. The van der Waals surface area contributed by atoms with Crippen LogP contribution >= 0.6 is 0 Å². The molecular weight excluding hydrogens is 352 g/mol. The topological polar surface area (TPSA) is 46.9 Å². The van der Waals surface area contributed by atoms with Crippen molar-refractivity contribution < 1.29 is 14.6 Å². The summed E-state index contributed by atoms with van der Waals surface area (Å²) in [6.07, 6.45) is 3.20. The average molecular weight is 378 g/mol. The molecule has 4 rings (SSSR count). The van der Waals surface area contributed by atoms with Gasteiger partial charge in [-0.15, -0.1) is 0 Å². The third kappa shape index (κ3) is 3.45. The molecule has 1 aliphatic heterocycles. The van der Waals surface area contributed by atoms with Crippen molar-refractivity contribution in [1.29, 1.82) is 0 Å². The second-order valence-electron chi connectivity index (χ2n) is 7.10. The summed E-state index contributed by atoms with van der Waals surface area (Å²) in [7, 11) is 3.28. The smallest absolute Gasteiger partial charge is 0.160 e. The van der Waals surface area contributed by atoms with E-state index in [1.54, 1.807) is 14.2 Å². The van der Waals surface area contributed by atoms with E-state index in [4.69, 9.17) is 9.47 Å². The lowest BCUT2D eigenvalue weighted by Gasteiger charge is -2.31. The molecule has 1 aromatic heterocycles. The Kier molecular flexibility index (Phi) is 5.26. The minimum Gasteiger partial charge on any atom is -0.504 e. The Labute approximate surface area is 165 Å². The zero-order valence-corrected chi connectivity index (χ0v) is 16.3. The predicted molar refractivity (Wildman–Crippen MR) is 109 cm³/mol. The number of hydrogen-bond donors (Lipinski definition) is 1. The van der Waals surface area contributed by atoms with E-state index in [1.807, 2.05) is 36.4 Å². The van der Waals surface area contributed by atoms with E-state index in [9.17, 15) is 5.11 Å². The van der Waals surface area contributed by atoms with Gasteiger partial charge in [-0.2, -0.15) is 0 Å². The fourth-order valence-corrected chi connectivity index (χ4v) is 4.12. The Morgan fingerprint density at radius 2 is 1.79 bits per heavy atom. The van der Waals surface area contributed by atoms with Crippen molar-refractivity contribution >= 4 is 0 Å². The number of aromatic hydroxyl groups is 1. The van der Waals surface area contributed by atoms with Crippen LogP contribution in [0.3, 0.4) is 0 Å². The van der Waals surface area contributed by atoms with Gasteiger partial charge in [0.25, 0.3) is 0 Å². The summed E-state index contributed by atoms with van der Waals surface area (Å²) < 4.78 is 13.1. The number of benzene rings is 2. The molecule has 0 amide bonds. The number of nitrogens with zero attached hydrogens (tertiary/aromatic N) is 2. The Balaban J connectivity index is 1.76. The van der Waals surface area contributed by atoms with E-state index in [1.165, 1.54) is 5.69 Å². The molecule has 0 aliphatic carbocycles. The number of methoxy groups -OCH3 is 2. The molecule has 5 nitrogen and oxygen atoms in total. The molecule has 0 saturated heterocycles. The lowest BCUT2D eigenvalue weighted by atomic mass is 10.00. The molecule has 5 heteroatoms. The van der Waals surface area contributed by atoms with Gasteiger partial charge >= 0.3 is 0 Å². The molecule has 2 aromatic carbocycles. The molecule has 1 N–H and O–H groups in total. The standard InChI is InChI=1S/C23H26N2O3/c1-27-21-9-4-3-7-18(21)16-25-14-6-13-24-12-5-8-19(24)23(25)17-10-11-22(28-2)20(26)15-17/h3-5,7-12,15,23,26H,6,13-14,16H2,1-2H3. The fourth-order valence-electron chi connectivity index (χ4n) is 4.12. The molecule has 0 spiro atoms. The van der Waals surface area contributed by atoms with Crippen molar-refractivity contribution in [2.24, 2.45) is 0 Å². The van der Waals surface area contributed by atoms with Gasteiger partial charge in [-0.25, -0.2) is 0 Å². The molecule has 1 aliphatic rings. The van der Waals surface area contributed by atoms with Crippen molar-refractivity contribution in [3.63, 3.8) is 0 Å². The predicted octanol–water partition coefficient (Wildman–Crippen LogP) is 4.21. The highest BCUT2D eigenvalue weighted by Crippen LogP contribution is 2.37. The van der Waals surface area contributed by atoms with Gasteiger partial charge in [0.05, 0.1) is 20.3 Å². The highest BCUT2D eigenvalue weighted by Gasteiger charge is 2.28. The van der Waals surface area contributed by atoms with Crippen LogP contribution in [0.15, 0.2) is 60.8 Å². The summed E-state index contributed by atoms with van der Waals surface area (Å²) in [6, 6.07) is 18.2. The number of rotatable bonds is 5. The number of ether oxygens (including phenoxy) is 2. The minimum absolute atomic E-state index is 0.0409. The van der Waals surface area contributed by atoms with Crippen LogP contribution in [0.25, 0.3) is 0 Å². The molecule has 0 saturated carbocycles. The average Bonchev–Trinajstić information content (AvgIpc) is 3.10. The van der Waals surface area contributed by atoms with E-state index in [2.05, 4.69) is 33.9 Å². The van der Waals surface area contributed by atoms with Gasteiger partial charge in [0.1, 0.15) is 5.75 Å². The van der Waals surface area contributed by atoms with E-state index < -0.39 is 0 Å². The molecule has 0 bridgehead atoms. The van der Waals surface area contributed by atoms with Gasteiger partial charge < -0.3 is 19.1 Å². The quantitative estimate of drug-likeness (QED) is 0.723. The molecule has 28 heavy (non-hydrogen) atoms. The maximum Gasteiger partial charge on any atom is 0.160 e. The van der Waals surface area contributed by atoms with Gasteiger partial charge in [-0.1, -0.05) is 24.3 Å². The number of phenols is 1. The summed E-state index contributed by atoms with van der Waals surface area (Å²) in [4.78, 5) is 2.46. The van der Waals surface area contributed by atoms with Gasteiger partial charge in [0, 0.05) is 37.1 Å². The number of aryl methyl sites for hydroxylation is 1. The molecule has 0 radical (unpaired) electrons. The van der Waals surface area contributed by atoms with Crippen LogP contribution in [0.1, 0.15) is 29.3 Å². The first kappa shape index (κ1) is 18.4. The van der Waals surface area contributed by atoms with Gasteiger partial charge in [0.2, 0.25) is 0 Å². The highest BCUT2D eigenvalue weighted by molar-refractivity contribution is 5.45. The molecule has 1 atom stereocenters. The molecular formula is C23H26N2O3. The lowest BCUT2D eigenvalue weighted by Crippen LogP contribution is -2.29. The first-order valence-corrected chi connectivity index (χ1v) is 9.59. The molecule has 146 valence electrons. The van der Waals surface area contributed by atoms with Crippen LogP contribution in [0.2, 0.25) is 0 Å². The first-order chi connectivity index (χ1) is 13.7. The van der Waals surface area contributed by atoms with E-state index >= 15 is 0 Å². The summed E-state index contributed by atoms with van der Waals surface area (Å²) in [6.45, 7) is 2.72. The Hall–Kier alpha value is -2.92. The van der Waals surface area contributed by atoms with Crippen molar-refractivity contribution in [3.05, 3.63) is 77.6 Å². The summed E-state index contributed by atoms with van der Waals surface area (Å²) in [5, 5.41) is 10.4. The fraction of sp³-hybridized carbons (Fsp3) is 0.304. The van der Waals surface area contributed by atoms with E-state index in [0.29, 0.717) is 5.75 Å². The third-order valence-corrected chi connectivity index (χ3v) is 5.44. The van der Waals surface area contributed by atoms with Gasteiger partial charge in [-0.05, 0) is 42.3 Å². The van der Waals surface area contributed by atoms with Crippen LogP contribution in [0.5, 0.6) is 17.2 Å². The number of para-hydroxylation sites is 1. The van der Waals surface area contributed by atoms with Crippen LogP contribution < -0.4 is 9.47 Å². The van der Waals surface area contributed by atoms with Crippen molar-refractivity contribution in [1.82, 2.24) is 9.47 Å². The summed E-state index contributed by atoms with van der Waals surface area (Å²) in [5.74, 6) is 1.56. The Morgan fingerprint density at radius 1 is 0.964 bits per heavy atom. The van der Waals surface area contributed by atoms with Crippen LogP contribution in [0.4, 0.5) is 0 Å². The van der Waals surface area contributed by atoms with Crippen LogP contribution in [-0.2, 0) is 13.1 Å². The van der Waals surface area contributed by atoms with Crippen molar-refractivity contribution in [2.45, 2.75) is 25.6 Å². The largest absolute Gasteiger partial charge is 0.504 e. The van der Waals surface area contributed by atoms with Crippen molar-refractivity contribution in [2.75, 3.05) is 20.8 Å². The van der Waals surface area contributed by atoms with E-state index in [0.717, 1.165) is 42.9 Å². The lowest BCUT2D eigenvalue weighted by molar-refractivity contribution is 0.217. The third-order valence-electron chi connectivity index (χ3n) is 5.44. The van der Waals surface area contributed by atoms with E-state index in [-0.39, 0.29) is 11.8 Å². The Morgan fingerprint density at radius 3 is 2.57 bits per heavy atom. The zero-order chi connectivity index (χ0) is 19.5. The van der Waals surface area contributed by atoms with Gasteiger partial charge in [0.15, 0.2) is 11.5 Å². The Bertz CT molecular complexity index is 951. The number of phenolic OH excluding ortho intramolecular Hbond substituents is 1. The summed E-state index contributed by atoms with van der Waals surface area (Å²) >= 11 is 0. The minimum atomic E-state index is 0.0409. The van der Waals surface area contributed by atoms with Crippen LogP contribution in [0, 0.1) is 0 Å². The van der Waals surface area contributed by atoms with Crippen molar-refractivity contribution in [3.8, 4) is 17.2 Å². The van der Waals surface area contributed by atoms with Crippen LogP contribution in [-0.4, -0.2) is 35.3 Å². The second kappa shape index (κ2) is 7.98. The number of aromatic nitrogens is 1. The molecule has 0 fully saturated rings. The first-order valence-electron chi connectivity index (χ1n) is 9.59.